The van der Waals surface area contributed by atoms with Gasteiger partial charge in [-0.2, -0.15) is 0 Å². The van der Waals surface area contributed by atoms with Crippen molar-refractivity contribution in [1.82, 2.24) is 10.6 Å². The summed E-state index contributed by atoms with van der Waals surface area (Å²) in [5.74, 6) is 0.976. The molecule has 0 spiro atoms. The van der Waals surface area contributed by atoms with Crippen molar-refractivity contribution in [3.63, 3.8) is 0 Å². The number of rotatable bonds is 3. The van der Waals surface area contributed by atoms with Crippen LogP contribution in [0.1, 0.15) is 58.3 Å². The van der Waals surface area contributed by atoms with Gasteiger partial charge >= 0.3 is 0 Å². The van der Waals surface area contributed by atoms with Crippen molar-refractivity contribution in [3.8, 4) is 0 Å². The SMILES string of the molecule is CC1(NCC2CCC3CCCCC3N2)CCOCC1. The first-order chi connectivity index (χ1) is 9.25. The van der Waals surface area contributed by atoms with E-state index < -0.39 is 0 Å². The molecule has 0 aromatic heterocycles. The fraction of sp³-hybridized carbons (Fsp3) is 1.00. The predicted molar refractivity (Wildman–Crippen MR) is 78.4 cm³/mol. The van der Waals surface area contributed by atoms with E-state index in [1.54, 1.807) is 0 Å². The highest BCUT2D eigenvalue weighted by molar-refractivity contribution is 4.92. The van der Waals surface area contributed by atoms with Crippen LogP contribution in [-0.4, -0.2) is 37.4 Å². The fourth-order valence-electron chi connectivity index (χ4n) is 4.10. The van der Waals surface area contributed by atoms with Gasteiger partial charge in [-0.05, 0) is 51.4 Å². The lowest BCUT2D eigenvalue weighted by Crippen LogP contribution is -2.56. The second-order valence-corrected chi connectivity index (χ2v) is 7.15. The first-order valence-corrected chi connectivity index (χ1v) is 8.34. The molecule has 2 saturated heterocycles. The Hall–Kier alpha value is -0.120. The van der Waals surface area contributed by atoms with Crippen LogP contribution in [0.15, 0.2) is 0 Å². The molecular weight excluding hydrogens is 236 g/mol. The number of hydrogen-bond acceptors (Lipinski definition) is 3. The van der Waals surface area contributed by atoms with E-state index in [0.717, 1.165) is 44.6 Å². The van der Waals surface area contributed by atoms with Gasteiger partial charge in [0.05, 0.1) is 0 Å². The Labute approximate surface area is 117 Å². The minimum atomic E-state index is 0.309. The molecule has 0 aromatic carbocycles. The van der Waals surface area contributed by atoms with E-state index in [9.17, 15) is 0 Å². The maximum Gasteiger partial charge on any atom is 0.0483 e. The highest BCUT2D eigenvalue weighted by Gasteiger charge is 2.33. The van der Waals surface area contributed by atoms with E-state index in [1.807, 2.05) is 0 Å². The van der Waals surface area contributed by atoms with Crippen LogP contribution in [0.4, 0.5) is 0 Å². The average molecular weight is 266 g/mol. The van der Waals surface area contributed by atoms with E-state index >= 15 is 0 Å². The van der Waals surface area contributed by atoms with Gasteiger partial charge in [-0.1, -0.05) is 12.8 Å². The van der Waals surface area contributed by atoms with Crippen molar-refractivity contribution in [3.05, 3.63) is 0 Å². The molecule has 3 unspecified atom stereocenters. The molecule has 0 radical (unpaired) electrons. The van der Waals surface area contributed by atoms with Crippen LogP contribution < -0.4 is 10.6 Å². The normalized spacial score (nSPS) is 38.7. The topological polar surface area (TPSA) is 33.3 Å². The molecule has 3 nitrogen and oxygen atoms in total. The summed E-state index contributed by atoms with van der Waals surface area (Å²) in [4.78, 5) is 0. The first-order valence-electron chi connectivity index (χ1n) is 8.34. The zero-order valence-corrected chi connectivity index (χ0v) is 12.4. The minimum absolute atomic E-state index is 0.309. The molecule has 2 aliphatic heterocycles. The van der Waals surface area contributed by atoms with Gasteiger partial charge in [-0.15, -0.1) is 0 Å². The van der Waals surface area contributed by atoms with Crippen molar-refractivity contribution >= 4 is 0 Å². The monoisotopic (exact) mass is 266 g/mol. The van der Waals surface area contributed by atoms with Gasteiger partial charge in [-0.3, -0.25) is 0 Å². The van der Waals surface area contributed by atoms with Crippen LogP contribution in [0.25, 0.3) is 0 Å². The summed E-state index contributed by atoms with van der Waals surface area (Å²) in [7, 11) is 0. The third-order valence-corrected chi connectivity index (χ3v) is 5.62. The molecule has 1 aliphatic carbocycles. The van der Waals surface area contributed by atoms with Gasteiger partial charge in [-0.25, -0.2) is 0 Å². The molecule has 0 aromatic rings. The Morgan fingerprint density at radius 1 is 1.11 bits per heavy atom. The van der Waals surface area contributed by atoms with Crippen molar-refractivity contribution in [2.24, 2.45) is 5.92 Å². The summed E-state index contributed by atoms with van der Waals surface area (Å²) in [5, 5.41) is 7.74. The maximum absolute atomic E-state index is 5.47. The summed E-state index contributed by atoms with van der Waals surface area (Å²) in [6.45, 7) is 5.35. The van der Waals surface area contributed by atoms with Crippen molar-refractivity contribution in [1.29, 1.82) is 0 Å². The Bertz CT molecular complexity index is 288. The summed E-state index contributed by atoms with van der Waals surface area (Å²) in [5.41, 5.74) is 0.309. The molecule has 3 heteroatoms. The summed E-state index contributed by atoms with van der Waals surface area (Å²) < 4.78 is 5.47. The zero-order valence-electron chi connectivity index (χ0n) is 12.4. The average Bonchev–Trinajstić information content (AvgIpc) is 2.46. The molecule has 2 heterocycles. The van der Waals surface area contributed by atoms with Crippen molar-refractivity contribution < 1.29 is 4.74 Å². The van der Waals surface area contributed by atoms with E-state index in [-0.39, 0.29) is 0 Å². The zero-order chi connectivity index (χ0) is 13.1. The van der Waals surface area contributed by atoms with Gasteiger partial charge in [0, 0.05) is 37.4 Å². The highest BCUT2D eigenvalue weighted by atomic mass is 16.5. The number of nitrogens with one attached hydrogen (secondary N) is 2. The smallest absolute Gasteiger partial charge is 0.0483 e. The van der Waals surface area contributed by atoms with Crippen LogP contribution in [0, 0.1) is 5.92 Å². The fourth-order valence-corrected chi connectivity index (χ4v) is 4.10. The molecular formula is C16H30N2O. The summed E-state index contributed by atoms with van der Waals surface area (Å²) in [6, 6.07) is 1.51. The van der Waals surface area contributed by atoms with Gasteiger partial charge in [0.25, 0.3) is 0 Å². The van der Waals surface area contributed by atoms with Crippen LogP contribution in [0.5, 0.6) is 0 Å². The van der Waals surface area contributed by atoms with Crippen LogP contribution in [-0.2, 0) is 4.74 Å². The number of piperidine rings is 1. The van der Waals surface area contributed by atoms with Crippen molar-refractivity contribution in [2.45, 2.75) is 75.9 Å². The molecule has 0 amide bonds. The maximum atomic E-state index is 5.47. The van der Waals surface area contributed by atoms with E-state index in [4.69, 9.17) is 4.74 Å². The lowest BCUT2D eigenvalue weighted by atomic mass is 9.77. The molecule has 3 aliphatic rings. The number of fused-ring (bicyclic) bond motifs is 1. The van der Waals surface area contributed by atoms with Gasteiger partial charge in [0.2, 0.25) is 0 Å². The Kier molecular flexibility index (Phi) is 4.45. The number of ether oxygens (including phenoxy) is 1. The van der Waals surface area contributed by atoms with Gasteiger partial charge < -0.3 is 15.4 Å². The van der Waals surface area contributed by atoms with Gasteiger partial charge in [0.1, 0.15) is 0 Å². The minimum Gasteiger partial charge on any atom is -0.381 e. The lowest BCUT2D eigenvalue weighted by Gasteiger charge is -2.42. The third kappa shape index (κ3) is 3.50. The first kappa shape index (κ1) is 13.8. The summed E-state index contributed by atoms with van der Waals surface area (Å²) in [6.07, 6.45) is 10.9. The van der Waals surface area contributed by atoms with E-state index in [0.29, 0.717) is 11.6 Å². The summed E-state index contributed by atoms with van der Waals surface area (Å²) >= 11 is 0. The third-order valence-electron chi connectivity index (χ3n) is 5.62. The molecule has 3 fully saturated rings. The quantitative estimate of drug-likeness (QED) is 0.823. The lowest BCUT2D eigenvalue weighted by molar-refractivity contribution is 0.0428. The molecule has 110 valence electrons. The second-order valence-electron chi connectivity index (χ2n) is 7.15. The molecule has 3 atom stereocenters. The molecule has 1 saturated carbocycles. The Morgan fingerprint density at radius 2 is 1.89 bits per heavy atom. The molecule has 2 N–H and O–H groups in total. The van der Waals surface area contributed by atoms with Crippen LogP contribution in [0.3, 0.4) is 0 Å². The predicted octanol–water partition coefficient (Wildman–Crippen LogP) is 2.46. The molecule has 19 heavy (non-hydrogen) atoms. The van der Waals surface area contributed by atoms with Crippen molar-refractivity contribution in [2.75, 3.05) is 19.8 Å². The Balaban J connectivity index is 1.45. The molecule has 0 bridgehead atoms. The standard InChI is InChI=1S/C16H30N2O/c1-16(8-10-19-11-9-16)17-12-14-7-6-13-4-2-3-5-15(13)18-14/h13-15,17-18H,2-12H2,1H3. The van der Waals surface area contributed by atoms with Crippen LogP contribution in [0.2, 0.25) is 0 Å². The molecule has 3 rings (SSSR count). The van der Waals surface area contributed by atoms with Crippen LogP contribution >= 0.6 is 0 Å². The van der Waals surface area contributed by atoms with E-state index in [1.165, 1.54) is 38.5 Å². The largest absolute Gasteiger partial charge is 0.381 e. The van der Waals surface area contributed by atoms with E-state index in [2.05, 4.69) is 17.6 Å². The van der Waals surface area contributed by atoms with Gasteiger partial charge in [0.15, 0.2) is 0 Å². The Morgan fingerprint density at radius 3 is 2.74 bits per heavy atom. The highest BCUT2D eigenvalue weighted by Crippen LogP contribution is 2.32. The second kappa shape index (κ2) is 6.11. The number of hydrogen-bond donors (Lipinski definition) is 2.